The molecule has 0 bridgehead atoms. The van der Waals surface area contributed by atoms with Crippen LogP contribution in [0, 0.1) is 13.8 Å². The lowest BCUT2D eigenvalue weighted by molar-refractivity contribution is 0.592. The number of hydrogen-bond donors (Lipinski definition) is 0. The second-order valence-electron chi connectivity index (χ2n) is 11.8. The lowest BCUT2D eigenvalue weighted by atomic mass is 9.94. The monoisotopic (exact) mass is 554 g/mol. The summed E-state index contributed by atoms with van der Waals surface area (Å²) in [6, 6.07) is 45.6. The number of rotatable bonds is 3. The summed E-state index contributed by atoms with van der Waals surface area (Å²) < 4.78 is 16.4. The molecule has 9 rings (SSSR count). The summed E-state index contributed by atoms with van der Waals surface area (Å²) in [4.78, 5) is 0. The molecule has 0 aliphatic heterocycles. The summed E-state index contributed by atoms with van der Waals surface area (Å²) in [5.41, 5.74) is 2.25. The van der Waals surface area contributed by atoms with Crippen LogP contribution in [0.25, 0.3) is 64.6 Å². The molecule has 1 nitrogen and oxygen atoms in total. The smallest absolute Gasteiger partial charge is 0.172 e. The van der Waals surface area contributed by atoms with Crippen molar-refractivity contribution in [2.45, 2.75) is 13.8 Å². The third-order valence-corrected chi connectivity index (χ3v) is 12.4. The average molecular weight is 555 g/mol. The van der Waals surface area contributed by atoms with Gasteiger partial charge < -0.3 is 4.57 Å². The Morgan fingerprint density at radius 2 is 0.762 bits per heavy atom. The Kier molecular flexibility index (Phi) is 4.80. The van der Waals surface area contributed by atoms with Crippen molar-refractivity contribution in [2.75, 3.05) is 0 Å². The number of hydrogen-bond acceptors (Lipinski definition) is 1. The molecule has 0 amide bonds. The first-order valence-corrected chi connectivity index (χ1v) is 16.2. The minimum atomic E-state index is -3.35. The van der Waals surface area contributed by atoms with E-state index in [0.717, 1.165) is 37.8 Å². The van der Waals surface area contributed by atoms with E-state index in [4.69, 9.17) is 0 Å². The molecular weight excluding hydrogens is 527 g/mol. The SMILES string of the molecule is Cc1cc(C)cc(P(=O)(c2ccc3ccc4cccc5ccc2c3c45)c2ccc3ccc4cccc5ccc2c3c45)c1. The Morgan fingerprint density at radius 3 is 1.19 bits per heavy atom. The highest BCUT2D eigenvalue weighted by Gasteiger charge is 2.34. The van der Waals surface area contributed by atoms with Crippen molar-refractivity contribution in [3.63, 3.8) is 0 Å². The zero-order chi connectivity index (χ0) is 28.2. The fraction of sp³-hybridized carbons (Fsp3) is 0.0500. The highest BCUT2D eigenvalue weighted by molar-refractivity contribution is 7.86. The summed E-state index contributed by atoms with van der Waals surface area (Å²) >= 11 is 0. The van der Waals surface area contributed by atoms with Crippen LogP contribution < -0.4 is 15.9 Å². The van der Waals surface area contributed by atoms with Crippen molar-refractivity contribution < 1.29 is 4.57 Å². The van der Waals surface area contributed by atoms with E-state index < -0.39 is 7.14 Å². The summed E-state index contributed by atoms with van der Waals surface area (Å²) in [5, 5.41) is 17.0. The van der Waals surface area contributed by atoms with Crippen LogP contribution in [0.15, 0.2) is 127 Å². The first kappa shape index (κ1) is 23.9. The maximum Gasteiger partial charge on any atom is 0.172 e. The predicted octanol–water partition coefficient (Wildman–Crippen LogP) is 9.74. The van der Waals surface area contributed by atoms with Gasteiger partial charge in [-0.15, -0.1) is 0 Å². The van der Waals surface area contributed by atoms with Gasteiger partial charge in [0.15, 0.2) is 7.14 Å². The van der Waals surface area contributed by atoms with Gasteiger partial charge in [-0.1, -0.05) is 114 Å². The molecular formula is C40H27OP. The van der Waals surface area contributed by atoms with Crippen LogP contribution in [-0.2, 0) is 4.57 Å². The Labute approximate surface area is 244 Å². The summed E-state index contributed by atoms with van der Waals surface area (Å²) in [5.74, 6) is 0. The third kappa shape index (κ3) is 3.12. The standard InChI is InChI=1S/C40H27OP/c1-24-21-25(2)23-32(22-24)42(41,35-19-15-30-11-9-26-5-3-7-28-13-17-33(35)39(30)37(26)28)36-20-16-31-12-10-27-6-4-8-29-14-18-34(36)40(31)38(27)29/h3-23H,1-2H3. The Morgan fingerprint density at radius 1 is 0.405 bits per heavy atom. The Hall–Kier alpha value is -4.71. The summed E-state index contributed by atoms with van der Waals surface area (Å²) in [6.07, 6.45) is 0. The summed E-state index contributed by atoms with van der Waals surface area (Å²) in [6.45, 7) is 4.21. The van der Waals surface area contributed by atoms with Crippen LogP contribution in [0.4, 0.5) is 0 Å². The first-order chi connectivity index (χ1) is 20.5. The van der Waals surface area contributed by atoms with Gasteiger partial charge in [0, 0.05) is 15.9 Å². The van der Waals surface area contributed by atoms with E-state index in [2.05, 4.69) is 141 Å². The van der Waals surface area contributed by atoms with Crippen LogP contribution in [-0.4, -0.2) is 0 Å². The molecule has 0 unspecified atom stereocenters. The van der Waals surface area contributed by atoms with Crippen molar-refractivity contribution in [1.29, 1.82) is 0 Å². The second-order valence-corrected chi connectivity index (χ2v) is 14.5. The molecule has 0 aliphatic rings. The molecule has 0 saturated carbocycles. The topological polar surface area (TPSA) is 17.1 Å². The fourth-order valence-corrected chi connectivity index (χ4v) is 10.7. The van der Waals surface area contributed by atoms with Gasteiger partial charge in [0.25, 0.3) is 0 Å². The van der Waals surface area contributed by atoms with E-state index in [1.807, 2.05) is 0 Å². The van der Waals surface area contributed by atoms with Crippen LogP contribution in [0.5, 0.6) is 0 Å². The van der Waals surface area contributed by atoms with Gasteiger partial charge in [0.05, 0.1) is 0 Å². The lowest BCUT2D eigenvalue weighted by Gasteiger charge is -2.26. The van der Waals surface area contributed by atoms with Crippen molar-refractivity contribution in [2.24, 2.45) is 0 Å². The van der Waals surface area contributed by atoms with Crippen molar-refractivity contribution in [3.8, 4) is 0 Å². The molecule has 198 valence electrons. The van der Waals surface area contributed by atoms with Crippen molar-refractivity contribution >= 4 is 87.7 Å². The minimum absolute atomic E-state index is 0.894. The van der Waals surface area contributed by atoms with Gasteiger partial charge in [0.2, 0.25) is 0 Å². The average Bonchev–Trinajstić information content (AvgIpc) is 3.01. The number of benzene rings is 9. The molecule has 0 heterocycles. The fourth-order valence-electron chi connectivity index (χ4n) is 7.53. The highest BCUT2D eigenvalue weighted by atomic mass is 31.2. The van der Waals surface area contributed by atoms with E-state index in [-0.39, 0.29) is 0 Å². The molecule has 0 aliphatic carbocycles. The molecule has 0 fully saturated rings. The molecule has 0 saturated heterocycles. The second kappa shape index (κ2) is 8.41. The van der Waals surface area contributed by atoms with Gasteiger partial charge in [-0.05, 0) is 103 Å². The van der Waals surface area contributed by atoms with Crippen LogP contribution in [0.2, 0.25) is 0 Å². The molecule has 0 atom stereocenters. The zero-order valence-electron chi connectivity index (χ0n) is 23.5. The molecule has 2 heteroatoms. The van der Waals surface area contributed by atoms with Gasteiger partial charge in [-0.3, -0.25) is 0 Å². The van der Waals surface area contributed by atoms with E-state index in [9.17, 15) is 0 Å². The molecule has 0 N–H and O–H groups in total. The van der Waals surface area contributed by atoms with E-state index >= 15 is 4.57 Å². The summed E-state index contributed by atoms with van der Waals surface area (Å²) in [7, 11) is -3.35. The maximum absolute atomic E-state index is 16.4. The van der Waals surface area contributed by atoms with Gasteiger partial charge in [-0.2, -0.15) is 0 Å². The van der Waals surface area contributed by atoms with E-state index in [1.165, 1.54) is 53.9 Å². The lowest BCUT2D eigenvalue weighted by Crippen LogP contribution is -2.27. The van der Waals surface area contributed by atoms with Crippen molar-refractivity contribution in [3.05, 3.63) is 139 Å². The van der Waals surface area contributed by atoms with Crippen LogP contribution in [0.1, 0.15) is 11.1 Å². The van der Waals surface area contributed by atoms with E-state index in [0.29, 0.717) is 0 Å². The predicted molar refractivity (Wildman–Crippen MR) is 183 cm³/mol. The number of aryl methyl sites for hydroxylation is 2. The molecule has 0 radical (unpaired) electrons. The van der Waals surface area contributed by atoms with Gasteiger partial charge >= 0.3 is 0 Å². The van der Waals surface area contributed by atoms with Gasteiger partial charge in [0.1, 0.15) is 0 Å². The normalized spacial score (nSPS) is 12.6. The maximum atomic E-state index is 16.4. The van der Waals surface area contributed by atoms with Crippen LogP contribution >= 0.6 is 7.14 Å². The first-order valence-electron chi connectivity index (χ1n) is 14.5. The molecule has 9 aromatic rings. The third-order valence-electron chi connectivity index (χ3n) is 9.26. The van der Waals surface area contributed by atoms with Crippen LogP contribution in [0.3, 0.4) is 0 Å². The highest BCUT2D eigenvalue weighted by Crippen LogP contribution is 2.49. The largest absolute Gasteiger partial charge is 0.309 e. The van der Waals surface area contributed by atoms with Gasteiger partial charge in [-0.25, -0.2) is 0 Å². The molecule has 0 spiro atoms. The molecule has 0 aromatic heterocycles. The quantitative estimate of drug-likeness (QED) is 0.157. The van der Waals surface area contributed by atoms with Crippen molar-refractivity contribution in [1.82, 2.24) is 0 Å². The minimum Gasteiger partial charge on any atom is -0.309 e. The Balaban J connectivity index is 1.48. The Bertz CT molecular complexity index is 2370. The van der Waals surface area contributed by atoms with E-state index in [1.54, 1.807) is 0 Å². The zero-order valence-corrected chi connectivity index (χ0v) is 24.4. The molecule has 9 aromatic carbocycles. The molecule has 42 heavy (non-hydrogen) atoms.